The summed E-state index contributed by atoms with van der Waals surface area (Å²) in [5, 5.41) is 0. The number of carbonyl (C=O) groups is 1. The number of nitrogens with zero attached hydrogens (tertiary/aromatic N) is 1. The third kappa shape index (κ3) is 2.81. The molecule has 0 atom stereocenters. The molecule has 0 saturated carbocycles. The van der Waals surface area contributed by atoms with Crippen LogP contribution in [0.5, 0.6) is 0 Å². The molecular weight excluding hydrogens is 186 g/mol. The van der Waals surface area contributed by atoms with Crippen molar-refractivity contribution in [3.8, 4) is 0 Å². The molecule has 0 radical (unpaired) electrons. The normalized spacial score (nSPS) is 20.9. The number of hydrogen-bond donors (Lipinski definition) is 0. The first-order chi connectivity index (χ1) is 6.85. The van der Waals surface area contributed by atoms with Crippen LogP contribution in [0.15, 0.2) is 0 Å². The molecule has 1 rings (SSSR count). The molecule has 1 fully saturated rings. The van der Waals surface area contributed by atoms with Crippen molar-refractivity contribution in [1.29, 1.82) is 0 Å². The second-order valence-electron chi connectivity index (χ2n) is 5.68. The monoisotopic (exact) mass is 211 g/mol. The molecule has 0 aromatic rings. The fourth-order valence-electron chi connectivity index (χ4n) is 2.43. The number of piperidine rings is 1. The Hall–Kier alpha value is -0.370. The lowest BCUT2D eigenvalue weighted by atomic mass is 9.71. The van der Waals surface area contributed by atoms with Crippen LogP contribution in [0.1, 0.15) is 47.5 Å². The van der Waals surface area contributed by atoms with E-state index in [1.54, 1.807) is 6.92 Å². The van der Waals surface area contributed by atoms with Crippen LogP contribution < -0.4 is 0 Å². The Morgan fingerprint density at radius 2 is 1.73 bits per heavy atom. The van der Waals surface area contributed by atoms with Crippen LogP contribution in [0.2, 0.25) is 0 Å². The van der Waals surface area contributed by atoms with Gasteiger partial charge in [-0.1, -0.05) is 13.8 Å². The zero-order chi connectivity index (χ0) is 11.6. The molecule has 0 spiro atoms. The van der Waals surface area contributed by atoms with Gasteiger partial charge in [-0.05, 0) is 52.6 Å². The Bertz CT molecular complexity index is 225. The molecule has 0 unspecified atom stereocenters. The van der Waals surface area contributed by atoms with Crippen LogP contribution in [0.4, 0.5) is 0 Å². The van der Waals surface area contributed by atoms with Gasteiger partial charge in [0.2, 0.25) is 0 Å². The maximum absolute atomic E-state index is 11.6. The second-order valence-corrected chi connectivity index (χ2v) is 5.68. The summed E-state index contributed by atoms with van der Waals surface area (Å²) in [6, 6.07) is 0.645. The summed E-state index contributed by atoms with van der Waals surface area (Å²) < 4.78 is 0. The minimum Gasteiger partial charge on any atom is -0.301 e. The zero-order valence-electron chi connectivity index (χ0n) is 10.8. The number of Topliss-reactive ketones (excluding diaryl/α,β-unsaturated/α-hetero) is 1. The lowest BCUT2D eigenvalue weighted by Crippen LogP contribution is -2.43. The Balaban J connectivity index is 2.54. The molecule has 1 heterocycles. The number of hydrogen-bond acceptors (Lipinski definition) is 2. The van der Waals surface area contributed by atoms with Crippen molar-refractivity contribution in [2.45, 2.75) is 53.5 Å². The summed E-state index contributed by atoms with van der Waals surface area (Å²) in [4.78, 5) is 14.1. The van der Waals surface area contributed by atoms with E-state index in [-0.39, 0.29) is 5.41 Å². The number of ketones is 1. The van der Waals surface area contributed by atoms with Crippen molar-refractivity contribution in [1.82, 2.24) is 4.90 Å². The SMILES string of the molecule is CC(=O)C(C)(C)C1CCN(C(C)C)CC1. The smallest absolute Gasteiger partial charge is 0.135 e. The minimum atomic E-state index is -0.122. The standard InChI is InChI=1S/C13H25NO/c1-10(2)14-8-6-12(7-9-14)13(4,5)11(3)15/h10,12H,6-9H2,1-5H3. The van der Waals surface area contributed by atoms with E-state index in [0.29, 0.717) is 17.7 Å². The number of rotatable bonds is 3. The average molecular weight is 211 g/mol. The van der Waals surface area contributed by atoms with E-state index in [0.717, 1.165) is 13.1 Å². The molecule has 88 valence electrons. The quantitative estimate of drug-likeness (QED) is 0.715. The van der Waals surface area contributed by atoms with Crippen LogP contribution in [0, 0.1) is 11.3 Å². The van der Waals surface area contributed by atoms with Crippen molar-refractivity contribution in [3.63, 3.8) is 0 Å². The first-order valence-electron chi connectivity index (χ1n) is 6.10. The third-order valence-electron chi connectivity index (χ3n) is 4.19. The van der Waals surface area contributed by atoms with Gasteiger partial charge in [0.1, 0.15) is 5.78 Å². The highest BCUT2D eigenvalue weighted by atomic mass is 16.1. The van der Waals surface area contributed by atoms with Gasteiger partial charge in [0.05, 0.1) is 0 Å². The number of likely N-dealkylation sites (tertiary alicyclic amines) is 1. The fourth-order valence-corrected chi connectivity index (χ4v) is 2.43. The van der Waals surface area contributed by atoms with E-state index < -0.39 is 0 Å². The highest BCUT2D eigenvalue weighted by Crippen LogP contribution is 2.35. The van der Waals surface area contributed by atoms with Crippen LogP contribution in [0.25, 0.3) is 0 Å². The van der Waals surface area contributed by atoms with Crippen LogP contribution in [0.3, 0.4) is 0 Å². The third-order valence-corrected chi connectivity index (χ3v) is 4.19. The van der Waals surface area contributed by atoms with Crippen molar-refractivity contribution in [3.05, 3.63) is 0 Å². The predicted molar refractivity (Wildman–Crippen MR) is 63.9 cm³/mol. The van der Waals surface area contributed by atoms with Crippen molar-refractivity contribution >= 4 is 5.78 Å². The average Bonchev–Trinajstić information content (AvgIpc) is 2.17. The lowest BCUT2D eigenvalue weighted by Gasteiger charge is -2.40. The van der Waals surface area contributed by atoms with E-state index in [2.05, 4.69) is 32.6 Å². The maximum atomic E-state index is 11.6. The summed E-state index contributed by atoms with van der Waals surface area (Å²) in [6.07, 6.45) is 2.34. The molecule has 15 heavy (non-hydrogen) atoms. The summed E-state index contributed by atoms with van der Waals surface area (Å²) in [5.41, 5.74) is -0.122. The van der Waals surface area contributed by atoms with Gasteiger partial charge in [0, 0.05) is 11.5 Å². The van der Waals surface area contributed by atoms with Crippen LogP contribution >= 0.6 is 0 Å². The predicted octanol–water partition coefficient (Wildman–Crippen LogP) is 2.72. The van der Waals surface area contributed by atoms with Gasteiger partial charge in [-0.2, -0.15) is 0 Å². The van der Waals surface area contributed by atoms with E-state index in [4.69, 9.17) is 0 Å². The molecule has 1 saturated heterocycles. The molecule has 2 heteroatoms. The van der Waals surface area contributed by atoms with Gasteiger partial charge in [0.25, 0.3) is 0 Å². The first-order valence-corrected chi connectivity index (χ1v) is 6.10. The fraction of sp³-hybridized carbons (Fsp3) is 0.923. The summed E-state index contributed by atoms with van der Waals surface area (Å²) in [6.45, 7) is 12.7. The molecule has 1 aliphatic rings. The molecule has 0 bridgehead atoms. The highest BCUT2D eigenvalue weighted by Gasteiger charge is 2.36. The van der Waals surface area contributed by atoms with Gasteiger partial charge < -0.3 is 4.90 Å². The van der Waals surface area contributed by atoms with Gasteiger partial charge in [-0.25, -0.2) is 0 Å². The first kappa shape index (κ1) is 12.7. The van der Waals surface area contributed by atoms with Gasteiger partial charge in [-0.3, -0.25) is 4.79 Å². The van der Waals surface area contributed by atoms with Crippen molar-refractivity contribution < 1.29 is 4.79 Å². The molecule has 2 nitrogen and oxygen atoms in total. The van der Waals surface area contributed by atoms with E-state index in [1.165, 1.54) is 12.8 Å². The zero-order valence-corrected chi connectivity index (χ0v) is 10.8. The van der Waals surface area contributed by atoms with E-state index in [9.17, 15) is 4.79 Å². The Morgan fingerprint density at radius 3 is 2.07 bits per heavy atom. The van der Waals surface area contributed by atoms with Crippen LogP contribution in [-0.4, -0.2) is 29.8 Å². The van der Waals surface area contributed by atoms with Crippen molar-refractivity contribution in [2.75, 3.05) is 13.1 Å². The molecule has 0 amide bonds. The molecule has 0 aromatic heterocycles. The minimum absolute atomic E-state index is 0.122. The lowest BCUT2D eigenvalue weighted by molar-refractivity contribution is -0.128. The van der Waals surface area contributed by atoms with Crippen LogP contribution in [-0.2, 0) is 4.79 Å². The number of carbonyl (C=O) groups excluding carboxylic acids is 1. The summed E-state index contributed by atoms with van der Waals surface area (Å²) in [5.74, 6) is 0.912. The van der Waals surface area contributed by atoms with Crippen molar-refractivity contribution in [2.24, 2.45) is 11.3 Å². The molecule has 1 aliphatic heterocycles. The molecule has 0 aromatic carbocycles. The Morgan fingerprint density at radius 1 is 1.27 bits per heavy atom. The van der Waals surface area contributed by atoms with Gasteiger partial charge in [0.15, 0.2) is 0 Å². The van der Waals surface area contributed by atoms with Gasteiger partial charge >= 0.3 is 0 Å². The molecule has 0 aliphatic carbocycles. The molecular formula is C13H25NO. The van der Waals surface area contributed by atoms with E-state index >= 15 is 0 Å². The maximum Gasteiger partial charge on any atom is 0.135 e. The Kier molecular flexibility index (Phi) is 3.93. The summed E-state index contributed by atoms with van der Waals surface area (Å²) in [7, 11) is 0. The van der Waals surface area contributed by atoms with Gasteiger partial charge in [-0.15, -0.1) is 0 Å². The summed E-state index contributed by atoms with van der Waals surface area (Å²) >= 11 is 0. The second kappa shape index (κ2) is 4.65. The largest absolute Gasteiger partial charge is 0.301 e. The Labute approximate surface area is 94.0 Å². The molecule has 0 N–H and O–H groups in total. The highest BCUT2D eigenvalue weighted by molar-refractivity contribution is 5.81. The van der Waals surface area contributed by atoms with E-state index in [1.807, 2.05) is 0 Å². The topological polar surface area (TPSA) is 20.3 Å².